The second kappa shape index (κ2) is 11.4. The fraction of sp³-hybridized carbons (Fsp3) is 0.273. The van der Waals surface area contributed by atoms with Gasteiger partial charge in [-0.1, -0.05) is 29.5 Å². The highest BCUT2D eigenvalue weighted by molar-refractivity contribution is 8.00. The molecule has 48 heavy (non-hydrogen) atoms. The van der Waals surface area contributed by atoms with Gasteiger partial charge in [-0.15, -0.1) is 11.8 Å². The van der Waals surface area contributed by atoms with Gasteiger partial charge in [-0.05, 0) is 78.8 Å². The summed E-state index contributed by atoms with van der Waals surface area (Å²) in [5.74, 6) is -2.74. The summed E-state index contributed by atoms with van der Waals surface area (Å²) >= 11 is 2.68. The molecule has 4 aliphatic rings. The molecule has 4 N–H and O–H groups in total. The maximum Gasteiger partial charge on any atom is 0.305 e. The molecule has 1 aromatic heterocycles. The van der Waals surface area contributed by atoms with Gasteiger partial charge in [0, 0.05) is 27.3 Å². The number of thioether (sulfide) groups is 1. The van der Waals surface area contributed by atoms with Gasteiger partial charge in [0.25, 0.3) is 5.91 Å². The van der Waals surface area contributed by atoms with E-state index in [-0.39, 0.29) is 57.1 Å². The molecule has 8 rings (SSSR count). The number of rotatable bonds is 7. The molecule has 3 amide bonds. The number of aromatic amines is 1. The highest BCUT2D eigenvalue weighted by Gasteiger charge is 2.69. The molecular formula is C33H27FN4O7S3. The van der Waals surface area contributed by atoms with Crippen molar-refractivity contribution in [2.45, 2.75) is 27.5 Å². The van der Waals surface area contributed by atoms with Crippen LogP contribution in [0.25, 0.3) is 0 Å². The molecule has 3 aromatic carbocycles. The van der Waals surface area contributed by atoms with Gasteiger partial charge in [0.05, 0.1) is 27.4 Å². The lowest BCUT2D eigenvalue weighted by Gasteiger charge is -2.43. The average Bonchev–Trinajstić information content (AvgIpc) is 3.79. The van der Waals surface area contributed by atoms with E-state index in [2.05, 4.69) is 10.3 Å². The van der Waals surface area contributed by atoms with Crippen LogP contribution in [0.1, 0.15) is 22.8 Å². The van der Waals surface area contributed by atoms with E-state index in [9.17, 15) is 32.0 Å². The van der Waals surface area contributed by atoms with Crippen molar-refractivity contribution in [1.82, 2.24) is 4.98 Å². The molecule has 0 radical (unpaired) electrons. The van der Waals surface area contributed by atoms with Gasteiger partial charge in [0.15, 0.2) is 6.61 Å². The number of hydrogen-bond acceptors (Lipinski definition) is 9. The second-order valence-corrected chi connectivity index (χ2v) is 16.2. The summed E-state index contributed by atoms with van der Waals surface area (Å²) in [7, 11) is -3.88. The first kappa shape index (κ1) is 31.0. The van der Waals surface area contributed by atoms with Crippen molar-refractivity contribution in [2.24, 2.45) is 34.7 Å². The lowest BCUT2D eigenvalue weighted by atomic mass is 9.68. The summed E-state index contributed by atoms with van der Waals surface area (Å²) in [5, 5.41) is 8.52. The quantitative estimate of drug-likeness (QED) is 0.243. The number of benzene rings is 3. The summed E-state index contributed by atoms with van der Waals surface area (Å²) in [6.07, 6.45) is 0.692. The van der Waals surface area contributed by atoms with Gasteiger partial charge in [0.1, 0.15) is 11.6 Å². The van der Waals surface area contributed by atoms with Crippen LogP contribution in [-0.2, 0) is 24.4 Å². The number of thiazole rings is 1. The zero-order valence-corrected chi connectivity index (χ0v) is 27.3. The molecule has 4 aromatic rings. The first-order chi connectivity index (χ1) is 23.0. The Hall–Kier alpha value is -4.31. The molecule has 3 fully saturated rings. The molecule has 0 unspecified atom stereocenters. The van der Waals surface area contributed by atoms with Crippen LogP contribution in [0.3, 0.4) is 0 Å². The number of hydrogen-bond donors (Lipinski definition) is 3. The lowest BCUT2D eigenvalue weighted by molar-refractivity contribution is -0.123. The average molecular weight is 707 g/mol. The van der Waals surface area contributed by atoms with E-state index in [1.54, 1.807) is 23.9 Å². The molecule has 7 atom stereocenters. The second-order valence-electron chi connectivity index (χ2n) is 12.4. The minimum absolute atomic E-state index is 0.0550. The number of sulfonamides is 1. The summed E-state index contributed by atoms with van der Waals surface area (Å²) in [6.45, 7) is -0.351. The monoisotopic (exact) mass is 706 g/mol. The van der Waals surface area contributed by atoms with Gasteiger partial charge in [-0.3, -0.25) is 24.1 Å². The SMILES string of the molecule is NS(=O)(=O)c1ccc(NC(=O)COc2ccccc2[C@@H]2c3sc(=O)[nH]c3S[C@@H]3[C@@H]4C[C@@H]([C@@H]5C(=O)N(c6ccc(F)cc6)C(=O)[C@@H]45)[C@H]23)cc1. The van der Waals surface area contributed by atoms with E-state index < -0.39 is 33.6 Å². The molecule has 0 spiro atoms. The number of carbonyl (C=O) groups is 3. The number of nitrogens with zero attached hydrogens (tertiary/aromatic N) is 1. The Kier molecular flexibility index (Phi) is 7.36. The number of halogens is 1. The standard InChI is InChI=1S/C33H27FN4O7S3/c34-15-5-9-17(10-6-15)38-31(40)26-20-13-21(27(26)32(38)41)28-25(20)24(29-30(46-28)37-33(42)47-29)19-3-1-2-4-22(19)45-14-23(39)36-16-7-11-18(12-8-16)48(35,43)44/h1-12,20-21,24-28H,13-14H2,(H,36,39)(H,37,42)(H2,35,43,44)/t20-,21-,24+,25-,26+,27+,28-/m1/s1. The van der Waals surface area contributed by atoms with Gasteiger partial charge < -0.3 is 15.0 Å². The van der Waals surface area contributed by atoms with E-state index in [0.29, 0.717) is 23.5 Å². The minimum Gasteiger partial charge on any atom is -0.483 e. The number of fused-ring (bicyclic) bond motifs is 9. The number of ether oxygens (including phenoxy) is 1. The maximum atomic E-state index is 13.9. The fourth-order valence-electron chi connectivity index (χ4n) is 8.15. The highest BCUT2D eigenvalue weighted by atomic mass is 32.2. The third-order valence-corrected chi connectivity index (χ3v) is 13.4. The molecule has 246 valence electrons. The molecule has 11 nitrogen and oxygen atoms in total. The number of primary sulfonamides is 1. The fourth-order valence-corrected chi connectivity index (χ4v) is 11.5. The van der Waals surface area contributed by atoms with Crippen LogP contribution in [0.5, 0.6) is 5.75 Å². The Morgan fingerprint density at radius 1 is 0.979 bits per heavy atom. The Morgan fingerprint density at radius 2 is 1.67 bits per heavy atom. The minimum atomic E-state index is -3.88. The Morgan fingerprint density at radius 3 is 2.38 bits per heavy atom. The Bertz CT molecular complexity index is 2150. The number of imide groups is 1. The molecule has 2 bridgehead atoms. The summed E-state index contributed by atoms with van der Waals surface area (Å²) in [6, 6.07) is 18.1. The first-order valence-corrected chi connectivity index (χ1v) is 18.4. The van der Waals surface area contributed by atoms with Crippen molar-refractivity contribution in [3.8, 4) is 5.75 Å². The third kappa shape index (κ3) is 4.98. The Labute approximate surface area is 281 Å². The number of aromatic nitrogens is 1. The molecular weight excluding hydrogens is 680 g/mol. The van der Waals surface area contributed by atoms with Crippen molar-refractivity contribution in [1.29, 1.82) is 0 Å². The van der Waals surface area contributed by atoms with Crippen LogP contribution in [0.15, 0.2) is 87.5 Å². The van der Waals surface area contributed by atoms with Gasteiger partial charge in [-0.2, -0.15) is 0 Å². The van der Waals surface area contributed by atoms with Crippen molar-refractivity contribution in [3.63, 3.8) is 0 Å². The number of nitrogens with two attached hydrogens (primary N) is 1. The number of H-pyrrole nitrogens is 1. The number of carbonyl (C=O) groups excluding carboxylic acids is 3. The number of para-hydroxylation sites is 1. The normalized spacial score (nSPS) is 27.0. The van der Waals surface area contributed by atoms with E-state index in [4.69, 9.17) is 9.88 Å². The van der Waals surface area contributed by atoms with Gasteiger partial charge >= 0.3 is 4.87 Å². The number of anilines is 2. The van der Waals surface area contributed by atoms with Crippen LogP contribution < -0.4 is 25.0 Å². The Balaban J connectivity index is 1.09. The molecule has 2 aliphatic carbocycles. The van der Waals surface area contributed by atoms with Crippen molar-refractivity contribution >= 4 is 62.2 Å². The van der Waals surface area contributed by atoms with Crippen LogP contribution >= 0.6 is 23.1 Å². The molecule has 3 heterocycles. The smallest absolute Gasteiger partial charge is 0.305 e. The maximum absolute atomic E-state index is 13.9. The van der Waals surface area contributed by atoms with Crippen molar-refractivity contribution in [2.75, 3.05) is 16.8 Å². The predicted molar refractivity (Wildman–Crippen MR) is 176 cm³/mol. The molecule has 1 saturated heterocycles. The third-order valence-electron chi connectivity index (χ3n) is 9.89. The highest BCUT2D eigenvalue weighted by Crippen LogP contribution is 2.69. The van der Waals surface area contributed by atoms with E-state index >= 15 is 0 Å². The summed E-state index contributed by atoms with van der Waals surface area (Å²) in [5.41, 5.74) is 1.49. The lowest BCUT2D eigenvalue weighted by Crippen LogP contribution is -2.42. The predicted octanol–water partition coefficient (Wildman–Crippen LogP) is 3.92. The van der Waals surface area contributed by atoms with Crippen LogP contribution in [0, 0.1) is 35.4 Å². The van der Waals surface area contributed by atoms with Crippen LogP contribution in [0.4, 0.5) is 15.8 Å². The molecule has 2 aliphatic heterocycles. The van der Waals surface area contributed by atoms with Crippen molar-refractivity contribution in [3.05, 3.63) is 98.7 Å². The van der Waals surface area contributed by atoms with E-state index in [1.807, 2.05) is 12.1 Å². The largest absolute Gasteiger partial charge is 0.483 e. The molecule has 15 heteroatoms. The number of amides is 3. The summed E-state index contributed by atoms with van der Waals surface area (Å²) in [4.78, 5) is 58.0. The zero-order valence-electron chi connectivity index (χ0n) is 24.9. The topological polar surface area (TPSA) is 169 Å². The van der Waals surface area contributed by atoms with Crippen molar-refractivity contribution < 1.29 is 31.9 Å². The van der Waals surface area contributed by atoms with Gasteiger partial charge in [0.2, 0.25) is 21.8 Å². The van der Waals surface area contributed by atoms with E-state index in [1.165, 1.54) is 53.4 Å². The van der Waals surface area contributed by atoms with Gasteiger partial charge in [-0.25, -0.2) is 17.9 Å². The first-order valence-electron chi connectivity index (χ1n) is 15.2. The van der Waals surface area contributed by atoms with Crippen LogP contribution in [0.2, 0.25) is 0 Å². The molecule has 2 saturated carbocycles. The van der Waals surface area contributed by atoms with Crippen LogP contribution in [-0.4, -0.2) is 43.0 Å². The zero-order chi connectivity index (χ0) is 33.5. The van der Waals surface area contributed by atoms with E-state index in [0.717, 1.165) is 26.8 Å². The number of nitrogens with one attached hydrogen (secondary N) is 2. The summed E-state index contributed by atoms with van der Waals surface area (Å²) < 4.78 is 42.9.